The number of rotatable bonds is 7. The van der Waals surface area contributed by atoms with Gasteiger partial charge in [0, 0.05) is 12.6 Å². The number of hydrogen-bond acceptors (Lipinski definition) is 3. The Hall–Kier alpha value is -1.09. The SMILES string of the molecule is CCCNCc1cccc(OCCC)n1. The van der Waals surface area contributed by atoms with Crippen molar-refractivity contribution < 1.29 is 4.74 Å². The number of nitrogens with one attached hydrogen (secondary N) is 1. The summed E-state index contributed by atoms with van der Waals surface area (Å²) in [5, 5.41) is 3.32. The minimum atomic E-state index is 0.729. The van der Waals surface area contributed by atoms with Gasteiger partial charge in [-0.15, -0.1) is 0 Å². The number of hydrogen-bond donors (Lipinski definition) is 1. The molecule has 0 aliphatic rings. The fourth-order valence-electron chi connectivity index (χ4n) is 1.24. The summed E-state index contributed by atoms with van der Waals surface area (Å²) in [6.45, 7) is 6.82. The van der Waals surface area contributed by atoms with Crippen molar-refractivity contribution in [3.8, 4) is 5.88 Å². The first-order valence-corrected chi connectivity index (χ1v) is 5.66. The van der Waals surface area contributed by atoms with Crippen LogP contribution < -0.4 is 10.1 Å². The summed E-state index contributed by atoms with van der Waals surface area (Å²) in [7, 11) is 0. The highest BCUT2D eigenvalue weighted by Gasteiger charge is 1.97. The Bertz CT molecular complexity index is 276. The van der Waals surface area contributed by atoms with Crippen molar-refractivity contribution in [1.82, 2.24) is 10.3 Å². The molecule has 0 aliphatic carbocycles. The van der Waals surface area contributed by atoms with E-state index in [1.807, 2.05) is 18.2 Å². The van der Waals surface area contributed by atoms with E-state index in [-0.39, 0.29) is 0 Å². The van der Waals surface area contributed by atoms with Crippen LogP contribution in [0.4, 0.5) is 0 Å². The molecule has 15 heavy (non-hydrogen) atoms. The molecule has 3 nitrogen and oxygen atoms in total. The summed E-state index contributed by atoms with van der Waals surface area (Å²) < 4.78 is 5.46. The van der Waals surface area contributed by atoms with Crippen LogP contribution in [0.3, 0.4) is 0 Å². The number of aromatic nitrogens is 1. The van der Waals surface area contributed by atoms with Crippen LogP contribution in [0.2, 0.25) is 0 Å². The third-order valence-electron chi connectivity index (χ3n) is 1.97. The maximum atomic E-state index is 5.46. The van der Waals surface area contributed by atoms with E-state index in [9.17, 15) is 0 Å². The zero-order valence-electron chi connectivity index (χ0n) is 9.62. The second-order valence-electron chi connectivity index (χ2n) is 3.49. The molecule has 0 aliphatic heterocycles. The minimum Gasteiger partial charge on any atom is -0.478 e. The third kappa shape index (κ3) is 4.79. The van der Waals surface area contributed by atoms with Crippen LogP contribution in [0.15, 0.2) is 18.2 Å². The molecule has 0 radical (unpaired) electrons. The Labute approximate surface area is 91.9 Å². The van der Waals surface area contributed by atoms with E-state index in [2.05, 4.69) is 24.1 Å². The molecule has 0 saturated heterocycles. The normalized spacial score (nSPS) is 10.3. The summed E-state index contributed by atoms with van der Waals surface area (Å²) in [5.74, 6) is 0.729. The van der Waals surface area contributed by atoms with E-state index < -0.39 is 0 Å². The maximum Gasteiger partial charge on any atom is 0.213 e. The molecule has 0 saturated carbocycles. The summed E-state index contributed by atoms with van der Waals surface area (Å²) in [6, 6.07) is 5.90. The molecule has 1 aromatic heterocycles. The molecule has 0 unspecified atom stereocenters. The summed E-state index contributed by atoms with van der Waals surface area (Å²) in [5.41, 5.74) is 1.04. The molecule has 1 rings (SSSR count). The predicted molar refractivity (Wildman–Crippen MR) is 62.0 cm³/mol. The molecule has 0 amide bonds. The van der Waals surface area contributed by atoms with E-state index >= 15 is 0 Å². The second kappa shape index (κ2) is 7.23. The first kappa shape index (κ1) is 12.0. The van der Waals surface area contributed by atoms with Gasteiger partial charge in [-0.3, -0.25) is 0 Å². The number of nitrogens with zero attached hydrogens (tertiary/aromatic N) is 1. The molecule has 0 atom stereocenters. The van der Waals surface area contributed by atoms with E-state index in [4.69, 9.17) is 4.74 Å². The van der Waals surface area contributed by atoms with Crippen molar-refractivity contribution in [1.29, 1.82) is 0 Å². The van der Waals surface area contributed by atoms with Crippen molar-refractivity contribution in [2.75, 3.05) is 13.2 Å². The predicted octanol–water partition coefficient (Wildman–Crippen LogP) is 2.37. The van der Waals surface area contributed by atoms with E-state index in [0.29, 0.717) is 0 Å². The topological polar surface area (TPSA) is 34.1 Å². The fraction of sp³-hybridized carbons (Fsp3) is 0.583. The van der Waals surface area contributed by atoms with Gasteiger partial charge in [0.15, 0.2) is 0 Å². The second-order valence-corrected chi connectivity index (χ2v) is 3.49. The van der Waals surface area contributed by atoms with Gasteiger partial charge in [-0.05, 0) is 25.5 Å². The Morgan fingerprint density at radius 3 is 2.87 bits per heavy atom. The highest BCUT2D eigenvalue weighted by molar-refractivity contribution is 5.15. The lowest BCUT2D eigenvalue weighted by Crippen LogP contribution is -2.14. The van der Waals surface area contributed by atoms with Gasteiger partial charge in [0.2, 0.25) is 5.88 Å². The molecular formula is C12H20N2O. The average molecular weight is 208 g/mol. The van der Waals surface area contributed by atoms with Crippen LogP contribution in [-0.4, -0.2) is 18.1 Å². The fourth-order valence-corrected chi connectivity index (χ4v) is 1.24. The lowest BCUT2D eigenvalue weighted by atomic mass is 10.3. The standard InChI is InChI=1S/C12H20N2O/c1-3-8-13-10-11-6-5-7-12(14-11)15-9-4-2/h5-7,13H,3-4,8-10H2,1-2H3. The van der Waals surface area contributed by atoms with Crippen molar-refractivity contribution in [3.05, 3.63) is 23.9 Å². The van der Waals surface area contributed by atoms with Crippen LogP contribution in [0.25, 0.3) is 0 Å². The molecule has 0 bridgehead atoms. The molecule has 1 aromatic rings. The summed E-state index contributed by atoms with van der Waals surface area (Å²) in [4.78, 5) is 4.40. The first-order chi connectivity index (χ1) is 7.36. The van der Waals surface area contributed by atoms with Crippen LogP contribution in [0, 0.1) is 0 Å². The molecule has 0 spiro atoms. The van der Waals surface area contributed by atoms with Gasteiger partial charge in [-0.25, -0.2) is 4.98 Å². The van der Waals surface area contributed by atoms with Crippen LogP contribution in [-0.2, 0) is 6.54 Å². The maximum absolute atomic E-state index is 5.46. The highest BCUT2D eigenvalue weighted by atomic mass is 16.5. The quantitative estimate of drug-likeness (QED) is 0.698. The largest absolute Gasteiger partial charge is 0.478 e. The Balaban J connectivity index is 2.42. The van der Waals surface area contributed by atoms with Crippen LogP contribution >= 0.6 is 0 Å². The van der Waals surface area contributed by atoms with Crippen molar-refractivity contribution in [2.45, 2.75) is 33.2 Å². The average Bonchev–Trinajstić information content (AvgIpc) is 2.27. The third-order valence-corrected chi connectivity index (χ3v) is 1.97. The van der Waals surface area contributed by atoms with Gasteiger partial charge in [0.25, 0.3) is 0 Å². The lowest BCUT2D eigenvalue weighted by molar-refractivity contribution is 0.304. The van der Waals surface area contributed by atoms with E-state index in [1.54, 1.807) is 0 Å². The van der Waals surface area contributed by atoms with Gasteiger partial charge in [-0.2, -0.15) is 0 Å². The smallest absolute Gasteiger partial charge is 0.213 e. The van der Waals surface area contributed by atoms with Crippen molar-refractivity contribution in [2.24, 2.45) is 0 Å². The van der Waals surface area contributed by atoms with Crippen LogP contribution in [0.1, 0.15) is 32.4 Å². The number of pyridine rings is 1. The van der Waals surface area contributed by atoms with Gasteiger partial charge in [0.05, 0.1) is 12.3 Å². The molecule has 0 fully saturated rings. The molecule has 1 N–H and O–H groups in total. The first-order valence-electron chi connectivity index (χ1n) is 5.66. The zero-order chi connectivity index (χ0) is 10.9. The molecular weight excluding hydrogens is 188 g/mol. The molecule has 84 valence electrons. The zero-order valence-corrected chi connectivity index (χ0v) is 9.62. The van der Waals surface area contributed by atoms with Crippen molar-refractivity contribution in [3.63, 3.8) is 0 Å². The molecule has 0 aromatic carbocycles. The number of ether oxygens (including phenoxy) is 1. The van der Waals surface area contributed by atoms with Crippen LogP contribution in [0.5, 0.6) is 5.88 Å². The minimum absolute atomic E-state index is 0.729. The van der Waals surface area contributed by atoms with E-state index in [1.165, 1.54) is 0 Å². The van der Waals surface area contributed by atoms with Gasteiger partial charge in [0.1, 0.15) is 0 Å². The monoisotopic (exact) mass is 208 g/mol. The highest BCUT2D eigenvalue weighted by Crippen LogP contribution is 2.07. The van der Waals surface area contributed by atoms with Crippen molar-refractivity contribution >= 4 is 0 Å². The van der Waals surface area contributed by atoms with Gasteiger partial charge in [-0.1, -0.05) is 19.9 Å². The summed E-state index contributed by atoms with van der Waals surface area (Å²) >= 11 is 0. The Morgan fingerprint density at radius 1 is 1.27 bits per heavy atom. The molecule has 3 heteroatoms. The lowest BCUT2D eigenvalue weighted by Gasteiger charge is -2.06. The summed E-state index contributed by atoms with van der Waals surface area (Å²) in [6.07, 6.45) is 2.16. The van der Waals surface area contributed by atoms with Gasteiger partial charge < -0.3 is 10.1 Å². The molecule has 1 heterocycles. The van der Waals surface area contributed by atoms with Gasteiger partial charge >= 0.3 is 0 Å². The Kier molecular flexibility index (Phi) is 5.78. The van der Waals surface area contributed by atoms with E-state index in [0.717, 1.165) is 44.1 Å². The Morgan fingerprint density at radius 2 is 2.13 bits per heavy atom.